The monoisotopic (exact) mass is 522 g/mol. The van der Waals surface area contributed by atoms with Crippen LogP contribution in [0, 0.1) is 5.82 Å². The maximum atomic E-state index is 15.4. The summed E-state index contributed by atoms with van der Waals surface area (Å²) in [6.07, 6.45) is 5.27. The number of nitrogens with one attached hydrogen (secondary N) is 1. The van der Waals surface area contributed by atoms with Crippen molar-refractivity contribution in [2.24, 2.45) is 0 Å². The molecule has 2 aromatic heterocycles. The Bertz CT molecular complexity index is 1650. The lowest BCUT2D eigenvalue weighted by Gasteiger charge is -2.39. The molecule has 0 amide bonds. The number of nitrogen functional groups attached to an aromatic ring is 1. The van der Waals surface area contributed by atoms with Gasteiger partial charge >= 0.3 is 0 Å². The van der Waals surface area contributed by atoms with E-state index in [-0.39, 0.29) is 11.8 Å². The summed E-state index contributed by atoms with van der Waals surface area (Å²) in [5, 5.41) is 10.7. The molecule has 0 atom stereocenters. The molecule has 39 heavy (non-hydrogen) atoms. The predicted octanol–water partition coefficient (Wildman–Crippen LogP) is 5.50. The minimum absolute atomic E-state index is 0.105. The van der Waals surface area contributed by atoms with Gasteiger partial charge in [-0.3, -0.25) is 4.90 Å². The minimum atomic E-state index is -0.261. The summed E-state index contributed by atoms with van der Waals surface area (Å²) >= 11 is 0. The van der Waals surface area contributed by atoms with Crippen LogP contribution in [0.1, 0.15) is 25.7 Å². The molecule has 2 aliphatic rings. The molecule has 198 valence electrons. The number of para-hydroxylation sites is 1. The Labute approximate surface area is 226 Å². The first-order chi connectivity index (χ1) is 19.1. The zero-order valence-corrected chi connectivity index (χ0v) is 21.7. The van der Waals surface area contributed by atoms with Crippen LogP contribution in [0.4, 0.5) is 27.7 Å². The third-order valence-electron chi connectivity index (χ3n) is 8.11. The number of rotatable bonds is 5. The highest BCUT2D eigenvalue weighted by Gasteiger charge is 2.27. The van der Waals surface area contributed by atoms with Crippen molar-refractivity contribution in [2.45, 2.75) is 31.7 Å². The zero-order chi connectivity index (χ0) is 26.3. The lowest BCUT2D eigenvalue weighted by atomic mass is 10.1. The van der Waals surface area contributed by atoms with Crippen LogP contribution >= 0.6 is 0 Å². The van der Waals surface area contributed by atoms with E-state index in [2.05, 4.69) is 37.3 Å². The van der Waals surface area contributed by atoms with Crippen LogP contribution in [0.5, 0.6) is 0 Å². The molecule has 0 spiro atoms. The average Bonchev–Trinajstić information content (AvgIpc) is 3.63. The van der Waals surface area contributed by atoms with Gasteiger partial charge in [0.25, 0.3) is 0 Å². The molecule has 9 heteroatoms. The number of halogens is 1. The van der Waals surface area contributed by atoms with E-state index in [9.17, 15) is 0 Å². The first-order valence-corrected chi connectivity index (χ1v) is 13.7. The van der Waals surface area contributed by atoms with E-state index in [1.165, 1.54) is 31.7 Å². The summed E-state index contributed by atoms with van der Waals surface area (Å²) in [6, 6.07) is 22.0. The Morgan fingerprint density at radius 2 is 1.54 bits per heavy atom. The van der Waals surface area contributed by atoms with Crippen molar-refractivity contribution in [2.75, 3.05) is 42.1 Å². The normalized spacial score (nSPS) is 16.9. The fourth-order valence-corrected chi connectivity index (χ4v) is 6.17. The van der Waals surface area contributed by atoms with Crippen LogP contribution in [-0.4, -0.2) is 56.9 Å². The topological polar surface area (TPSA) is 88.1 Å². The summed E-state index contributed by atoms with van der Waals surface area (Å²) < 4.78 is 17.0. The van der Waals surface area contributed by atoms with Gasteiger partial charge in [-0.25, -0.2) is 9.37 Å². The lowest BCUT2D eigenvalue weighted by Crippen LogP contribution is -2.50. The minimum Gasteiger partial charge on any atom is -0.367 e. The van der Waals surface area contributed by atoms with Crippen LogP contribution in [-0.2, 0) is 0 Å². The Morgan fingerprint density at radius 3 is 2.31 bits per heavy atom. The Hall–Kier alpha value is -4.24. The molecule has 3 heterocycles. The number of pyridine rings is 1. The summed E-state index contributed by atoms with van der Waals surface area (Å²) in [6.45, 7) is 3.65. The number of aromatic nitrogens is 4. The van der Waals surface area contributed by atoms with Crippen LogP contribution < -0.4 is 16.0 Å². The number of fused-ring (bicyclic) bond motifs is 3. The second-order valence-corrected chi connectivity index (χ2v) is 10.5. The zero-order valence-electron chi connectivity index (χ0n) is 21.7. The summed E-state index contributed by atoms with van der Waals surface area (Å²) in [5.41, 5.74) is 8.08. The standard InChI is InChI=1S/C30H31FN8/c31-25-19-20(13-14-27(25)38-17-15-37(16-18-38)21-7-1-2-8-21)33-30-35-29(32)36-39(30)28-24-11-4-3-9-22(24)23-10-5-6-12-26(23)34-28/h3-6,9-14,19,21H,1-2,7-8,15-18H2,(H3,32,33,35,36). The van der Waals surface area contributed by atoms with Gasteiger partial charge in [-0.15, -0.1) is 5.10 Å². The lowest BCUT2D eigenvalue weighted by molar-refractivity contribution is 0.187. The van der Waals surface area contributed by atoms with Crippen molar-refractivity contribution in [1.82, 2.24) is 24.6 Å². The molecule has 0 unspecified atom stereocenters. The Morgan fingerprint density at radius 1 is 0.821 bits per heavy atom. The number of benzene rings is 3. The van der Waals surface area contributed by atoms with E-state index in [0.29, 0.717) is 29.2 Å². The van der Waals surface area contributed by atoms with Gasteiger partial charge in [0, 0.05) is 48.7 Å². The van der Waals surface area contributed by atoms with Crippen molar-refractivity contribution < 1.29 is 4.39 Å². The number of piperazine rings is 1. The third kappa shape index (κ3) is 4.42. The summed E-state index contributed by atoms with van der Waals surface area (Å²) in [5.74, 6) is 0.822. The second-order valence-electron chi connectivity index (χ2n) is 10.5. The van der Waals surface area contributed by atoms with Gasteiger partial charge in [0.1, 0.15) is 5.82 Å². The maximum Gasteiger partial charge on any atom is 0.241 e. The highest BCUT2D eigenvalue weighted by Crippen LogP contribution is 2.32. The molecule has 1 saturated carbocycles. The smallest absolute Gasteiger partial charge is 0.241 e. The largest absolute Gasteiger partial charge is 0.367 e. The Kier molecular flexibility index (Phi) is 6.00. The molecule has 1 saturated heterocycles. The average molecular weight is 523 g/mol. The fourth-order valence-electron chi connectivity index (χ4n) is 6.17. The van der Waals surface area contributed by atoms with E-state index in [4.69, 9.17) is 10.7 Å². The summed E-state index contributed by atoms with van der Waals surface area (Å²) in [4.78, 5) is 14.0. The van der Waals surface area contributed by atoms with Crippen molar-refractivity contribution in [3.63, 3.8) is 0 Å². The molecular weight excluding hydrogens is 491 g/mol. The highest BCUT2D eigenvalue weighted by atomic mass is 19.1. The highest BCUT2D eigenvalue weighted by molar-refractivity contribution is 6.08. The molecule has 7 rings (SSSR count). The van der Waals surface area contributed by atoms with E-state index in [1.54, 1.807) is 4.68 Å². The Balaban J connectivity index is 1.16. The molecule has 3 aromatic carbocycles. The first kappa shape index (κ1) is 23.8. The number of nitrogens with two attached hydrogens (primary N) is 1. The molecular formula is C30H31FN8. The molecule has 3 N–H and O–H groups in total. The summed E-state index contributed by atoms with van der Waals surface area (Å²) in [7, 11) is 0. The van der Waals surface area contributed by atoms with Crippen molar-refractivity contribution >= 4 is 44.9 Å². The third-order valence-corrected chi connectivity index (χ3v) is 8.11. The number of anilines is 4. The van der Waals surface area contributed by atoms with Gasteiger partial charge in [-0.2, -0.15) is 9.67 Å². The molecule has 0 radical (unpaired) electrons. The maximum absolute atomic E-state index is 15.4. The van der Waals surface area contributed by atoms with Crippen molar-refractivity contribution in [1.29, 1.82) is 0 Å². The van der Waals surface area contributed by atoms with Gasteiger partial charge in [0.05, 0.1) is 11.2 Å². The number of hydrogen-bond donors (Lipinski definition) is 2. The molecule has 1 aliphatic carbocycles. The van der Waals surface area contributed by atoms with E-state index >= 15 is 4.39 Å². The van der Waals surface area contributed by atoms with Crippen molar-refractivity contribution in [3.05, 3.63) is 72.5 Å². The fraction of sp³-hybridized carbons (Fsp3) is 0.300. The van der Waals surface area contributed by atoms with Crippen LogP contribution in [0.3, 0.4) is 0 Å². The first-order valence-electron chi connectivity index (χ1n) is 13.7. The van der Waals surface area contributed by atoms with E-state index < -0.39 is 0 Å². The predicted molar refractivity (Wildman–Crippen MR) is 154 cm³/mol. The molecule has 2 fully saturated rings. The van der Waals surface area contributed by atoms with Gasteiger partial charge in [-0.1, -0.05) is 55.3 Å². The number of hydrogen-bond acceptors (Lipinski definition) is 7. The molecule has 1 aliphatic heterocycles. The van der Waals surface area contributed by atoms with Crippen LogP contribution in [0.2, 0.25) is 0 Å². The molecule has 8 nitrogen and oxygen atoms in total. The van der Waals surface area contributed by atoms with E-state index in [0.717, 1.165) is 47.9 Å². The van der Waals surface area contributed by atoms with Crippen molar-refractivity contribution in [3.8, 4) is 5.82 Å². The van der Waals surface area contributed by atoms with Gasteiger partial charge in [0.15, 0.2) is 5.82 Å². The van der Waals surface area contributed by atoms with Gasteiger partial charge in [-0.05, 0) is 42.5 Å². The van der Waals surface area contributed by atoms with E-state index in [1.807, 2.05) is 48.5 Å². The molecule has 0 bridgehead atoms. The van der Waals surface area contributed by atoms with Gasteiger partial charge < -0.3 is 16.0 Å². The quantitative estimate of drug-likeness (QED) is 0.295. The van der Waals surface area contributed by atoms with Crippen LogP contribution in [0.25, 0.3) is 27.5 Å². The van der Waals surface area contributed by atoms with Crippen LogP contribution in [0.15, 0.2) is 66.7 Å². The number of nitrogens with zero attached hydrogens (tertiary/aromatic N) is 6. The second kappa shape index (κ2) is 9.81. The van der Waals surface area contributed by atoms with Gasteiger partial charge in [0.2, 0.25) is 11.9 Å². The molecule has 5 aromatic rings. The SMILES string of the molecule is Nc1nc(Nc2ccc(N3CCN(C4CCCC4)CC3)c(F)c2)n(-c2nc3ccccc3c3ccccc23)n1.